The van der Waals surface area contributed by atoms with Gasteiger partial charge in [-0.2, -0.15) is 0 Å². The highest BCUT2D eigenvalue weighted by molar-refractivity contribution is 6.66. The Morgan fingerprint density at radius 1 is 1.44 bits per heavy atom. The smallest absolute Gasteiger partial charge is 0.281 e. The molecule has 0 saturated carbocycles. The lowest BCUT2D eigenvalue weighted by atomic mass is 10.2. The fraction of sp³-hybridized carbons (Fsp3) is 0. The first-order chi connectivity index (χ1) is 7.58. The largest absolute Gasteiger partial charge is 0.364 e. The molecular formula is C9H8N4O3. The summed E-state index contributed by atoms with van der Waals surface area (Å²) in [4.78, 5) is 25.8. The molecule has 0 spiro atoms. The van der Waals surface area contributed by atoms with Gasteiger partial charge in [-0.1, -0.05) is 0 Å². The Bertz CT molecular complexity index is 471. The molecule has 0 aromatic heterocycles. The first-order valence-corrected chi connectivity index (χ1v) is 4.35. The van der Waals surface area contributed by atoms with Crippen LogP contribution in [0.4, 0.5) is 0 Å². The Hall–Kier alpha value is -2.41. The molecule has 4 N–H and O–H groups in total. The number of amides is 2. The van der Waals surface area contributed by atoms with Gasteiger partial charge in [0.15, 0.2) is 5.71 Å². The molecule has 2 rings (SSSR count). The second-order valence-electron chi connectivity index (χ2n) is 3.09. The molecule has 82 valence electrons. The van der Waals surface area contributed by atoms with Crippen molar-refractivity contribution in [3.63, 3.8) is 0 Å². The SMILES string of the molecule is NC(=O)C1=NC(=C2C=CN(O)C=C2)NC1=O. The molecule has 2 amide bonds. The monoisotopic (exact) mass is 220 g/mol. The molecule has 0 atom stereocenters. The molecule has 0 saturated heterocycles. The lowest BCUT2D eigenvalue weighted by Gasteiger charge is -2.10. The van der Waals surface area contributed by atoms with Crippen LogP contribution >= 0.6 is 0 Å². The lowest BCUT2D eigenvalue weighted by molar-refractivity contribution is -0.116. The normalized spacial score (nSPS) is 18.9. The number of allylic oxidation sites excluding steroid dienone is 3. The number of nitrogens with zero attached hydrogens (tertiary/aromatic N) is 2. The van der Waals surface area contributed by atoms with Crippen molar-refractivity contribution in [3.8, 4) is 0 Å². The quantitative estimate of drug-likeness (QED) is 0.526. The number of hydroxylamine groups is 2. The van der Waals surface area contributed by atoms with Crippen molar-refractivity contribution < 1.29 is 14.8 Å². The topological polar surface area (TPSA) is 108 Å². The Kier molecular flexibility index (Phi) is 2.29. The molecule has 2 aliphatic heterocycles. The summed E-state index contributed by atoms with van der Waals surface area (Å²) >= 11 is 0. The van der Waals surface area contributed by atoms with Crippen LogP contribution in [-0.4, -0.2) is 27.8 Å². The number of carbonyl (C=O) groups is 2. The van der Waals surface area contributed by atoms with Crippen LogP contribution in [0.25, 0.3) is 0 Å². The Balaban J connectivity index is 2.35. The van der Waals surface area contributed by atoms with Crippen LogP contribution in [0, 0.1) is 0 Å². The Morgan fingerprint density at radius 3 is 2.56 bits per heavy atom. The predicted molar refractivity (Wildman–Crippen MR) is 53.7 cm³/mol. The van der Waals surface area contributed by atoms with Gasteiger partial charge in [0.2, 0.25) is 0 Å². The fourth-order valence-electron chi connectivity index (χ4n) is 1.24. The van der Waals surface area contributed by atoms with Gasteiger partial charge >= 0.3 is 0 Å². The summed E-state index contributed by atoms with van der Waals surface area (Å²) in [7, 11) is 0. The summed E-state index contributed by atoms with van der Waals surface area (Å²) in [5.74, 6) is -1.26. The van der Waals surface area contributed by atoms with Crippen LogP contribution in [0.2, 0.25) is 0 Å². The summed E-state index contributed by atoms with van der Waals surface area (Å²) in [5, 5.41) is 12.3. The first-order valence-electron chi connectivity index (χ1n) is 4.35. The van der Waals surface area contributed by atoms with Crippen LogP contribution in [0.15, 0.2) is 40.9 Å². The lowest BCUT2D eigenvalue weighted by Crippen LogP contribution is -2.33. The number of nitrogens with one attached hydrogen (secondary N) is 1. The second kappa shape index (κ2) is 3.63. The number of primary amides is 1. The van der Waals surface area contributed by atoms with E-state index in [1.807, 2.05) is 0 Å². The van der Waals surface area contributed by atoms with Gasteiger partial charge in [0, 0.05) is 18.0 Å². The van der Waals surface area contributed by atoms with E-state index < -0.39 is 11.8 Å². The van der Waals surface area contributed by atoms with Gasteiger partial charge in [0.25, 0.3) is 11.8 Å². The zero-order valence-electron chi connectivity index (χ0n) is 8.04. The van der Waals surface area contributed by atoms with E-state index in [2.05, 4.69) is 10.3 Å². The molecule has 0 bridgehead atoms. The molecule has 7 nitrogen and oxygen atoms in total. The zero-order valence-corrected chi connectivity index (χ0v) is 8.04. The third-order valence-electron chi connectivity index (χ3n) is 1.99. The van der Waals surface area contributed by atoms with E-state index in [1.165, 1.54) is 24.6 Å². The average Bonchev–Trinajstić information content (AvgIpc) is 2.61. The van der Waals surface area contributed by atoms with E-state index in [4.69, 9.17) is 10.9 Å². The number of rotatable bonds is 1. The van der Waals surface area contributed by atoms with Crippen LogP contribution in [0.5, 0.6) is 0 Å². The van der Waals surface area contributed by atoms with Gasteiger partial charge in [0.05, 0.1) is 0 Å². The Labute approximate surface area is 90.2 Å². The molecule has 16 heavy (non-hydrogen) atoms. The highest BCUT2D eigenvalue weighted by atomic mass is 16.5. The van der Waals surface area contributed by atoms with Gasteiger partial charge in [0.1, 0.15) is 5.82 Å². The van der Waals surface area contributed by atoms with E-state index in [0.717, 1.165) is 5.06 Å². The number of aliphatic imine (C=N–C) groups is 1. The maximum Gasteiger partial charge on any atom is 0.281 e. The molecule has 0 unspecified atom stereocenters. The number of hydrogen-bond donors (Lipinski definition) is 3. The van der Waals surface area contributed by atoms with Crippen molar-refractivity contribution in [2.75, 3.05) is 0 Å². The summed E-state index contributed by atoms with van der Waals surface area (Å²) < 4.78 is 0. The first kappa shape index (κ1) is 10.1. The van der Waals surface area contributed by atoms with Crippen molar-refractivity contribution in [1.82, 2.24) is 10.4 Å². The van der Waals surface area contributed by atoms with Gasteiger partial charge in [-0.15, -0.1) is 0 Å². The molecule has 2 aliphatic rings. The molecule has 0 aromatic rings. The maximum atomic E-state index is 11.2. The molecule has 0 radical (unpaired) electrons. The van der Waals surface area contributed by atoms with Crippen molar-refractivity contribution in [2.45, 2.75) is 0 Å². The minimum atomic E-state index is -0.874. The van der Waals surface area contributed by atoms with Gasteiger partial charge in [-0.25, -0.2) is 10.1 Å². The Morgan fingerprint density at radius 2 is 2.06 bits per heavy atom. The molecule has 0 aliphatic carbocycles. The van der Waals surface area contributed by atoms with Crippen molar-refractivity contribution in [3.05, 3.63) is 35.9 Å². The number of hydrogen-bond acceptors (Lipinski definition) is 5. The predicted octanol–water partition coefficient (Wildman–Crippen LogP) is -1.01. The summed E-state index contributed by atoms with van der Waals surface area (Å²) in [6, 6.07) is 0. The number of nitrogens with two attached hydrogens (primary N) is 1. The summed E-state index contributed by atoms with van der Waals surface area (Å²) in [5.41, 5.74) is 5.21. The minimum Gasteiger partial charge on any atom is -0.364 e. The number of carbonyl (C=O) groups excluding carboxylic acids is 2. The van der Waals surface area contributed by atoms with Crippen LogP contribution in [0.1, 0.15) is 0 Å². The van der Waals surface area contributed by atoms with Crippen LogP contribution < -0.4 is 11.1 Å². The van der Waals surface area contributed by atoms with Gasteiger partial charge < -0.3 is 11.1 Å². The molecule has 0 aromatic carbocycles. The van der Waals surface area contributed by atoms with Crippen molar-refractivity contribution >= 4 is 17.5 Å². The van der Waals surface area contributed by atoms with Crippen LogP contribution in [0.3, 0.4) is 0 Å². The maximum absolute atomic E-state index is 11.2. The van der Waals surface area contributed by atoms with E-state index >= 15 is 0 Å². The second-order valence-corrected chi connectivity index (χ2v) is 3.09. The van der Waals surface area contributed by atoms with Crippen molar-refractivity contribution in [1.29, 1.82) is 0 Å². The van der Waals surface area contributed by atoms with E-state index in [1.54, 1.807) is 0 Å². The highest BCUT2D eigenvalue weighted by Gasteiger charge is 2.26. The molecule has 7 heteroatoms. The molecule has 0 fully saturated rings. The van der Waals surface area contributed by atoms with E-state index in [0.29, 0.717) is 5.57 Å². The van der Waals surface area contributed by atoms with E-state index in [-0.39, 0.29) is 11.5 Å². The zero-order chi connectivity index (χ0) is 11.7. The highest BCUT2D eigenvalue weighted by Crippen LogP contribution is 2.15. The molecular weight excluding hydrogens is 212 g/mol. The van der Waals surface area contributed by atoms with Crippen molar-refractivity contribution in [2.24, 2.45) is 10.7 Å². The third-order valence-corrected chi connectivity index (χ3v) is 1.99. The van der Waals surface area contributed by atoms with Crippen LogP contribution in [-0.2, 0) is 9.59 Å². The third kappa shape index (κ3) is 1.71. The van der Waals surface area contributed by atoms with Gasteiger partial charge in [-0.05, 0) is 12.2 Å². The summed E-state index contributed by atoms with van der Waals surface area (Å²) in [6.07, 6.45) is 5.80. The van der Waals surface area contributed by atoms with Gasteiger partial charge in [-0.3, -0.25) is 14.8 Å². The standard InChI is InChI=1S/C9H8N4O3/c10-7(14)6-9(15)12-8(11-6)5-1-3-13(16)4-2-5/h1-4,16H,(H2,10,14)(H,12,15). The van der Waals surface area contributed by atoms with E-state index in [9.17, 15) is 9.59 Å². The fourth-order valence-corrected chi connectivity index (χ4v) is 1.24. The molecule has 2 heterocycles. The average molecular weight is 220 g/mol. The summed E-state index contributed by atoms with van der Waals surface area (Å²) in [6.45, 7) is 0. The minimum absolute atomic E-state index is 0.236.